The van der Waals surface area contributed by atoms with Gasteiger partial charge in [0.1, 0.15) is 0 Å². The lowest BCUT2D eigenvalue weighted by molar-refractivity contribution is -0.133. The zero-order valence-corrected chi connectivity index (χ0v) is 14.3. The Bertz CT molecular complexity index is 671. The second-order valence-electron chi connectivity index (χ2n) is 6.52. The highest BCUT2D eigenvalue weighted by atomic mass is 16.5. The fraction of sp³-hybridized carbons (Fsp3) is 0.500. The van der Waals surface area contributed by atoms with Crippen LogP contribution in [0.5, 0.6) is 0 Å². The first-order chi connectivity index (χ1) is 11.6. The minimum absolute atomic E-state index is 0.156. The summed E-state index contributed by atoms with van der Waals surface area (Å²) in [5.74, 6) is 1.62. The molecule has 1 aliphatic rings. The molecule has 0 N–H and O–H groups in total. The second-order valence-corrected chi connectivity index (χ2v) is 6.52. The number of carbonyl (C=O) groups excluding carboxylic acids is 1. The summed E-state index contributed by atoms with van der Waals surface area (Å²) >= 11 is 0. The first kappa shape index (κ1) is 16.6. The number of nitrogens with zero attached hydrogens (tertiary/aromatic N) is 4. The van der Waals surface area contributed by atoms with E-state index in [1.165, 1.54) is 5.56 Å². The average molecular weight is 328 g/mol. The maximum absolute atomic E-state index is 12.6. The van der Waals surface area contributed by atoms with Crippen molar-refractivity contribution in [1.29, 1.82) is 0 Å². The van der Waals surface area contributed by atoms with Crippen molar-refractivity contribution < 1.29 is 9.32 Å². The number of aromatic nitrogens is 2. The topological polar surface area (TPSA) is 62.5 Å². The van der Waals surface area contributed by atoms with Crippen molar-refractivity contribution in [3.05, 3.63) is 47.6 Å². The van der Waals surface area contributed by atoms with E-state index in [0.717, 1.165) is 25.9 Å². The Labute approximate surface area is 142 Å². The summed E-state index contributed by atoms with van der Waals surface area (Å²) in [7, 11) is 1.98. The van der Waals surface area contributed by atoms with E-state index >= 15 is 0 Å². The van der Waals surface area contributed by atoms with Gasteiger partial charge in [0.05, 0.1) is 12.5 Å². The highest BCUT2D eigenvalue weighted by molar-refractivity contribution is 5.78. The van der Waals surface area contributed by atoms with Crippen LogP contribution in [0.25, 0.3) is 0 Å². The number of likely N-dealkylation sites (tertiary alicyclic amines) is 1. The first-order valence-electron chi connectivity index (χ1n) is 8.42. The molecule has 0 saturated carbocycles. The second kappa shape index (κ2) is 7.57. The molecule has 6 heteroatoms. The summed E-state index contributed by atoms with van der Waals surface area (Å²) in [6, 6.07) is 10.2. The Hall–Kier alpha value is -2.21. The molecule has 0 bridgehead atoms. The van der Waals surface area contributed by atoms with E-state index in [0.29, 0.717) is 24.8 Å². The molecule has 1 atom stereocenters. The van der Waals surface area contributed by atoms with Crippen LogP contribution < -0.4 is 0 Å². The van der Waals surface area contributed by atoms with E-state index in [9.17, 15) is 4.79 Å². The normalized spacial score (nSPS) is 18.1. The van der Waals surface area contributed by atoms with Gasteiger partial charge in [-0.3, -0.25) is 9.69 Å². The van der Waals surface area contributed by atoms with Crippen LogP contribution in [0.4, 0.5) is 0 Å². The van der Waals surface area contributed by atoms with E-state index in [-0.39, 0.29) is 11.8 Å². The van der Waals surface area contributed by atoms with E-state index in [2.05, 4.69) is 27.2 Å². The molecule has 1 aromatic carbocycles. The van der Waals surface area contributed by atoms with Crippen LogP contribution in [0.1, 0.15) is 36.0 Å². The van der Waals surface area contributed by atoms with Crippen LogP contribution in [0, 0.1) is 6.92 Å². The van der Waals surface area contributed by atoms with Gasteiger partial charge in [0, 0.05) is 19.6 Å². The zero-order chi connectivity index (χ0) is 16.9. The largest absolute Gasteiger partial charge is 0.341 e. The van der Waals surface area contributed by atoms with Crippen LogP contribution in [0.15, 0.2) is 34.9 Å². The van der Waals surface area contributed by atoms with Crippen molar-refractivity contribution >= 4 is 5.91 Å². The van der Waals surface area contributed by atoms with E-state index in [4.69, 9.17) is 4.52 Å². The van der Waals surface area contributed by atoms with Crippen LogP contribution in [0.2, 0.25) is 0 Å². The summed E-state index contributed by atoms with van der Waals surface area (Å²) in [6.45, 7) is 4.48. The first-order valence-corrected chi connectivity index (χ1v) is 8.42. The van der Waals surface area contributed by atoms with Gasteiger partial charge in [-0.1, -0.05) is 35.5 Å². The molecule has 1 fully saturated rings. The summed E-state index contributed by atoms with van der Waals surface area (Å²) in [5, 5.41) is 3.86. The molecule has 0 aliphatic carbocycles. The zero-order valence-electron chi connectivity index (χ0n) is 14.3. The third kappa shape index (κ3) is 4.20. The Morgan fingerprint density at radius 1 is 1.38 bits per heavy atom. The highest BCUT2D eigenvalue weighted by Crippen LogP contribution is 2.25. The van der Waals surface area contributed by atoms with Gasteiger partial charge in [-0.15, -0.1) is 0 Å². The molecule has 128 valence electrons. The number of carbonyl (C=O) groups is 1. The Morgan fingerprint density at radius 3 is 2.88 bits per heavy atom. The number of aryl methyl sites for hydroxylation is 1. The Morgan fingerprint density at radius 2 is 2.17 bits per heavy atom. The molecule has 1 saturated heterocycles. The molecule has 2 heterocycles. The van der Waals surface area contributed by atoms with Gasteiger partial charge in [0.2, 0.25) is 11.8 Å². The molecular weight excluding hydrogens is 304 g/mol. The highest BCUT2D eigenvalue weighted by Gasteiger charge is 2.28. The molecule has 3 rings (SSSR count). The van der Waals surface area contributed by atoms with Crippen LogP contribution >= 0.6 is 0 Å². The molecule has 0 radical (unpaired) electrons. The lowest BCUT2D eigenvalue weighted by Gasteiger charge is -2.32. The van der Waals surface area contributed by atoms with E-state index in [1.54, 1.807) is 0 Å². The third-order valence-electron chi connectivity index (χ3n) is 4.37. The number of likely N-dealkylation sites (N-methyl/N-ethyl adjacent to an activating group) is 1. The summed E-state index contributed by atoms with van der Waals surface area (Å²) in [4.78, 5) is 20.9. The number of hydrogen-bond acceptors (Lipinski definition) is 5. The monoisotopic (exact) mass is 328 g/mol. The van der Waals surface area contributed by atoms with E-state index in [1.807, 2.05) is 37.1 Å². The van der Waals surface area contributed by atoms with Gasteiger partial charge >= 0.3 is 0 Å². The molecule has 1 amide bonds. The van der Waals surface area contributed by atoms with Crippen molar-refractivity contribution in [2.45, 2.75) is 32.2 Å². The van der Waals surface area contributed by atoms with Crippen LogP contribution in [-0.2, 0) is 11.3 Å². The SMILES string of the molecule is Cc1noc([C@H]2CCCN(C(=O)CN(C)Cc3ccccc3)C2)n1. The molecule has 1 aromatic heterocycles. The number of amides is 1. The van der Waals surface area contributed by atoms with Gasteiger partial charge < -0.3 is 9.42 Å². The lowest BCUT2D eigenvalue weighted by atomic mass is 9.98. The minimum Gasteiger partial charge on any atom is -0.341 e. The van der Waals surface area contributed by atoms with Crippen LogP contribution in [0.3, 0.4) is 0 Å². The minimum atomic E-state index is 0.156. The smallest absolute Gasteiger partial charge is 0.236 e. The molecule has 6 nitrogen and oxygen atoms in total. The Kier molecular flexibility index (Phi) is 5.25. The maximum atomic E-state index is 12.6. The standard InChI is InChI=1S/C18H24N4O2/c1-14-19-18(24-20-14)16-9-6-10-22(12-16)17(23)13-21(2)11-15-7-4-3-5-8-15/h3-5,7-8,16H,6,9-13H2,1-2H3/t16-/m0/s1. The molecule has 1 aliphatic heterocycles. The van der Waals surface area contributed by atoms with Gasteiger partial charge in [-0.05, 0) is 32.4 Å². The van der Waals surface area contributed by atoms with Crippen molar-refractivity contribution in [2.75, 3.05) is 26.7 Å². The lowest BCUT2D eigenvalue weighted by Crippen LogP contribution is -2.43. The van der Waals surface area contributed by atoms with Gasteiger partial charge in [-0.25, -0.2) is 0 Å². The molecule has 24 heavy (non-hydrogen) atoms. The predicted octanol–water partition coefficient (Wildman–Crippen LogP) is 2.22. The quantitative estimate of drug-likeness (QED) is 0.842. The summed E-state index contributed by atoms with van der Waals surface area (Å²) in [5.41, 5.74) is 1.21. The fourth-order valence-electron chi connectivity index (χ4n) is 3.17. The fourth-order valence-corrected chi connectivity index (χ4v) is 3.17. The van der Waals surface area contributed by atoms with Crippen molar-refractivity contribution in [2.24, 2.45) is 0 Å². The molecule has 0 unspecified atom stereocenters. The number of rotatable bonds is 5. The number of benzene rings is 1. The van der Waals surface area contributed by atoms with Crippen molar-refractivity contribution in [3.63, 3.8) is 0 Å². The average Bonchev–Trinajstić information content (AvgIpc) is 3.02. The maximum Gasteiger partial charge on any atom is 0.236 e. The third-order valence-corrected chi connectivity index (χ3v) is 4.37. The van der Waals surface area contributed by atoms with Crippen LogP contribution in [-0.4, -0.2) is 52.5 Å². The number of hydrogen-bond donors (Lipinski definition) is 0. The van der Waals surface area contributed by atoms with Gasteiger partial charge in [0.25, 0.3) is 0 Å². The molecule has 0 spiro atoms. The van der Waals surface area contributed by atoms with Gasteiger partial charge in [0.15, 0.2) is 5.82 Å². The van der Waals surface area contributed by atoms with E-state index < -0.39 is 0 Å². The molecular formula is C18H24N4O2. The summed E-state index contributed by atoms with van der Waals surface area (Å²) < 4.78 is 5.28. The predicted molar refractivity (Wildman–Crippen MR) is 90.4 cm³/mol. The van der Waals surface area contributed by atoms with Crippen molar-refractivity contribution in [3.8, 4) is 0 Å². The molecule has 2 aromatic rings. The number of piperidine rings is 1. The Balaban J connectivity index is 1.54. The summed E-state index contributed by atoms with van der Waals surface area (Å²) in [6.07, 6.45) is 1.96. The van der Waals surface area contributed by atoms with Gasteiger partial charge in [-0.2, -0.15) is 4.98 Å². The van der Waals surface area contributed by atoms with Crippen molar-refractivity contribution in [1.82, 2.24) is 19.9 Å².